The van der Waals surface area contributed by atoms with Crippen LogP contribution in [-0.4, -0.2) is 65.6 Å². The number of hydrogen-bond donors (Lipinski definition) is 2. The van der Waals surface area contributed by atoms with Crippen LogP contribution in [0.15, 0.2) is 66.7 Å². The highest BCUT2D eigenvalue weighted by atomic mass is 16.5. The fraction of sp³-hybridized carbons (Fsp3) is 0.483. The zero-order valence-electron chi connectivity index (χ0n) is 20.3. The number of carboxylic acid groups (broad SMARTS) is 1. The summed E-state index contributed by atoms with van der Waals surface area (Å²) in [5.41, 5.74) is 3.51. The van der Waals surface area contributed by atoms with Crippen LogP contribution in [0.2, 0.25) is 0 Å². The number of hydrogen-bond acceptors (Lipinski definition) is 5. The van der Waals surface area contributed by atoms with Gasteiger partial charge in [0.2, 0.25) is 0 Å². The first kappa shape index (κ1) is 25.6. The molecule has 4 rings (SSSR count). The first-order chi connectivity index (χ1) is 17.1. The molecule has 0 aromatic heterocycles. The average molecular weight is 480 g/mol. The molecule has 188 valence electrons. The molecule has 1 aliphatic heterocycles. The number of aliphatic hydroxyl groups is 1. The van der Waals surface area contributed by atoms with E-state index in [9.17, 15) is 9.90 Å². The summed E-state index contributed by atoms with van der Waals surface area (Å²) in [6.45, 7) is 3.59. The molecular weight excluding hydrogens is 442 g/mol. The Bertz CT molecular complexity index is 939. The number of rotatable bonds is 11. The van der Waals surface area contributed by atoms with Crippen molar-refractivity contribution in [1.82, 2.24) is 4.90 Å². The molecule has 0 bridgehead atoms. The van der Waals surface area contributed by atoms with E-state index >= 15 is 0 Å². The van der Waals surface area contributed by atoms with Crippen molar-refractivity contribution in [3.63, 3.8) is 0 Å². The molecule has 1 saturated heterocycles. The van der Waals surface area contributed by atoms with Crippen LogP contribution in [0.3, 0.4) is 0 Å². The number of carbonyl (C=O) groups is 1. The van der Waals surface area contributed by atoms with Crippen LogP contribution in [-0.2, 0) is 20.9 Å². The Balaban J connectivity index is 1.37. The van der Waals surface area contributed by atoms with E-state index in [0.717, 1.165) is 31.5 Å². The van der Waals surface area contributed by atoms with Gasteiger partial charge in [-0.25, -0.2) is 0 Å². The van der Waals surface area contributed by atoms with Crippen LogP contribution in [0.5, 0.6) is 0 Å². The lowest BCUT2D eigenvalue weighted by Gasteiger charge is -2.38. The summed E-state index contributed by atoms with van der Waals surface area (Å²) >= 11 is 0. The highest BCUT2D eigenvalue weighted by molar-refractivity contribution is 5.66. The first-order valence-corrected chi connectivity index (χ1v) is 12.7. The summed E-state index contributed by atoms with van der Waals surface area (Å²) in [6.07, 6.45) is 6.69. The van der Waals surface area contributed by atoms with E-state index in [0.29, 0.717) is 32.7 Å². The fourth-order valence-corrected chi connectivity index (χ4v) is 5.35. The number of aliphatic hydroxyl groups excluding tert-OH is 1. The third-order valence-electron chi connectivity index (χ3n) is 7.13. The van der Waals surface area contributed by atoms with Gasteiger partial charge in [0, 0.05) is 37.9 Å². The molecule has 1 heterocycles. The van der Waals surface area contributed by atoms with Crippen molar-refractivity contribution >= 4 is 5.97 Å². The molecule has 2 fully saturated rings. The maximum absolute atomic E-state index is 11.0. The van der Waals surface area contributed by atoms with E-state index in [1.165, 1.54) is 11.1 Å². The summed E-state index contributed by atoms with van der Waals surface area (Å²) < 4.78 is 12.0. The number of nitrogens with zero attached hydrogens (tertiary/aromatic N) is 1. The Labute approximate surface area is 208 Å². The van der Waals surface area contributed by atoms with Crippen molar-refractivity contribution in [2.75, 3.05) is 26.3 Å². The van der Waals surface area contributed by atoms with Crippen molar-refractivity contribution in [3.05, 3.63) is 72.3 Å². The predicted octanol–water partition coefficient (Wildman–Crippen LogP) is 4.52. The fourth-order valence-electron chi connectivity index (χ4n) is 5.35. The van der Waals surface area contributed by atoms with Gasteiger partial charge in [-0.05, 0) is 36.0 Å². The van der Waals surface area contributed by atoms with Crippen molar-refractivity contribution in [2.24, 2.45) is 5.92 Å². The summed E-state index contributed by atoms with van der Waals surface area (Å²) in [7, 11) is 0. The molecule has 2 N–H and O–H groups in total. The Morgan fingerprint density at radius 2 is 1.69 bits per heavy atom. The smallest absolute Gasteiger partial charge is 0.303 e. The number of benzene rings is 2. The van der Waals surface area contributed by atoms with Crippen molar-refractivity contribution in [1.29, 1.82) is 0 Å². The summed E-state index contributed by atoms with van der Waals surface area (Å²) in [4.78, 5) is 13.1. The Morgan fingerprint density at radius 1 is 1.00 bits per heavy atom. The number of aliphatic carboxylic acids is 1. The number of carboxylic acids is 1. The summed E-state index contributed by atoms with van der Waals surface area (Å²) in [5.74, 6) is -0.554. The lowest BCUT2D eigenvalue weighted by Crippen LogP contribution is -2.50. The molecule has 35 heavy (non-hydrogen) atoms. The molecule has 0 unspecified atom stereocenters. The minimum absolute atomic E-state index is 0.0148. The van der Waals surface area contributed by atoms with E-state index in [4.69, 9.17) is 14.6 Å². The molecule has 2 aromatic carbocycles. The van der Waals surface area contributed by atoms with Crippen LogP contribution >= 0.6 is 0 Å². The quantitative estimate of drug-likeness (QED) is 0.462. The van der Waals surface area contributed by atoms with Gasteiger partial charge in [-0.2, -0.15) is 0 Å². The second-order valence-corrected chi connectivity index (χ2v) is 9.50. The van der Waals surface area contributed by atoms with Gasteiger partial charge in [0.1, 0.15) is 0 Å². The van der Waals surface area contributed by atoms with Gasteiger partial charge in [-0.15, -0.1) is 0 Å². The Morgan fingerprint density at radius 3 is 2.40 bits per heavy atom. The van der Waals surface area contributed by atoms with Crippen molar-refractivity contribution in [3.8, 4) is 11.1 Å². The minimum atomic E-state index is -0.772. The van der Waals surface area contributed by atoms with E-state index in [1.54, 1.807) is 0 Å². The van der Waals surface area contributed by atoms with Gasteiger partial charge in [0.25, 0.3) is 0 Å². The third-order valence-corrected chi connectivity index (χ3v) is 7.13. The molecule has 0 radical (unpaired) electrons. The third kappa shape index (κ3) is 7.24. The maximum atomic E-state index is 11.0. The molecule has 6 heteroatoms. The molecule has 2 aromatic rings. The molecule has 0 spiro atoms. The van der Waals surface area contributed by atoms with Crippen LogP contribution in [0.25, 0.3) is 11.1 Å². The molecule has 1 saturated carbocycles. The molecular formula is C29H37NO5. The second kappa shape index (κ2) is 13.0. The number of allylic oxidation sites excluding steroid dienone is 2. The topological polar surface area (TPSA) is 79.2 Å². The lowest BCUT2D eigenvalue weighted by molar-refractivity contribution is -0.136. The highest BCUT2D eigenvalue weighted by Gasteiger charge is 2.45. The SMILES string of the molecule is O=C(O)CCC=CCC[C@@H]1[C@H](N2CCOCC2)[C@H](O)C[C@@H]1OCc1ccc(-c2ccccc2)cc1. The average Bonchev–Trinajstić information content (AvgIpc) is 3.20. The van der Waals surface area contributed by atoms with Gasteiger partial charge in [-0.1, -0.05) is 66.7 Å². The van der Waals surface area contributed by atoms with Crippen LogP contribution in [0, 0.1) is 5.92 Å². The van der Waals surface area contributed by atoms with Gasteiger partial charge in [0.05, 0.1) is 32.0 Å². The summed E-state index contributed by atoms with van der Waals surface area (Å²) in [5, 5.41) is 19.8. The minimum Gasteiger partial charge on any atom is -0.481 e. The van der Waals surface area contributed by atoms with Crippen LogP contribution < -0.4 is 0 Å². The maximum Gasteiger partial charge on any atom is 0.303 e. The normalized spacial score (nSPS) is 25.3. The molecule has 1 aliphatic carbocycles. The van der Waals surface area contributed by atoms with Gasteiger partial charge in [-0.3, -0.25) is 9.69 Å². The van der Waals surface area contributed by atoms with Crippen LogP contribution in [0.1, 0.15) is 37.7 Å². The first-order valence-electron chi connectivity index (χ1n) is 12.7. The monoisotopic (exact) mass is 479 g/mol. The Kier molecular flexibility index (Phi) is 9.49. The second-order valence-electron chi connectivity index (χ2n) is 9.50. The van der Waals surface area contributed by atoms with E-state index in [-0.39, 0.29) is 24.5 Å². The predicted molar refractivity (Wildman–Crippen MR) is 136 cm³/mol. The Hall–Kier alpha value is -2.51. The molecule has 4 atom stereocenters. The van der Waals surface area contributed by atoms with Crippen LogP contribution in [0.4, 0.5) is 0 Å². The lowest BCUT2D eigenvalue weighted by atomic mass is 9.93. The molecule has 2 aliphatic rings. The van der Waals surface area contributed by atoms with Crippen molar-refractivity contribution < 1.29 is 24.5 Å². The van der Waals surface area contributed by atoms with Gasteiger partial charge >= 0.3 is 5.97 Å². The number of ether oxygens (including phenoxy) is 2. The molecule has 6 nitrogen and oxygen atoms in total. The van der Waals surface area contributed by atoms with E-state index in [1.807, 2.05) is 24.3 Å². The van der Waals surface area contributed by atoms with E-state index < -0.39 is 12.1 Å². The standard InChI is InChI=1S/C29H37NO5/c31-26-20-27(35-21-22-12-14-24(15-13-22)23-8-4-3-5-9-23)25(10-6-1-2-7-11-28(32)33)29(26)30-16-18-34-19-17-30/h1-5,8-9,12-15,25-27,29,31H,6-7,10-11,16-21H2,(H,32,33)/t25-,26+,27-,29-/m0/s1. The van der Waals surface area contributed by atoms with Crippen molar-refractivity contribution in [2.45, 2.75) is 57.0 Å². The highest BCUT2D eigenvalue weighted by Crippen LogP contribution is 2.37. The van der Waals surface area contributed by atoms with Gasteiger partial charge in [0.15, 0.2) is 0 Å². The largest absolute Gasteiger partial charge is 0.481 e. The number of morpholine rings is 1. The summed E-state index contributed by atoms with van der Waals surface area (Å²) in [6, 6.07) is 18.9. The van der Waals surface area contributed by atoms with E-state index in [2.05, 4.69) is 47.4 Å². The zero-order valence-corrected chi connectivity index (χ0v) is 20.3. The molecule has 0 amide bonds. The zero-order chi connectivity index (χ0) is 24.5. The van der Waals surface area contributed by atoms with Gasteiger partial charge < -0.3 is 19.7 Å².